The van der Waals surface area contributed by atoms with Crippen LogP contribution in [0, 0.1) is 0 Å². The number of para-hydroxylation sites is 2. The van der Waals surface area contributed by atoms with Crippen molar-refractivity contribution in [3.05, 3.63) is 48.5 Å². The lowest BCUT2D eigenvalue weighted by Gasteiger charge is -2.29. The Morgan fingerprint density at radius 3 is 2.24 bits per heavy atom. The maximum atomic E-state index is 5.89. The minimum atomic E-state index is 0.731. The van der Waals surface area contributed by atoms with Gasteiger partial charge in [-0.25, -0.2) is 0 Å². The Labute approximate surface area is 125 Å². The fourth-order valence-corrected chi connectivity index (χ4v) is 2.48. The first-order valence-electron chi connectivity index (χ1n) is 7.23. The molecule has 0 amide bonds. The Hall–Kier alpha value is -2.20. The maximum Gasteiger partial charge on any atom is 0.169 e. The monoisotopic (exact) mass is 284 g/mol. The minimum absolute atomic E-state index is 0.731. The predicted octanol–water partition coefficient (Wildman–Crippen LogP) is 2.90. The highest BCUT2D eigenvalue weighted by molar-refractivity contribution is 5.51. The number of ether oxygens (including phenoxy) is 2. The summed E-state index contributed by atoms with van der Waals surface area (Å²) in [6.07, 6.45) is 0. The van der Waals surface area contributed by atoms with Crippen LogP contribution in [0.2, 0.25) is 0 Å². The fraction of sp³-hybridized carbons (Fsp3) is 0.294. The average molecular weight is 284 g/mol. The van der Waals surface area contributed by atoms with E-state index in [0.717, 1.165) is 43.4 Å². The largest absolute Gasteiger partial charge is 0.493 e. The zero-order valence-corrected chi connectivity index (χ0v) is 12.2. The smallest absolute Gasteiger partial charge is 0.169 e. The van der Waals surface area contributed by atoms with Crippen molar-refractivity contribution < 1.29 is 9.47 Å². The van der Waals surface area contributed by atoms with E-state index in [1.165, 1.54) is 5.69 Å². The lowest BCUT2D eigenvalue weighted by Crippen LogP contribution is -2.43. The highest BCUT2D eigenvalue weighted by atomic mass is 16.5. The minimum Gasteiger partial charge on any atom is -0.493 e. The summed E-state index contributed by atoms with van der Waals surface area (Å²) in [7, 11) is 1.65. The Kier molecular flexibility index (Phi) is 4.26. The van der Waals surface area contributed by atoms with Crippen LogP contribution >= 0.6 is 0 Å². The van der Waals surface area contributed by atoms with E-state index < -0.39 is 0 Å². The highest BCUT2D eigenvalue weighted by Gasteiger charge is 2.10. The SMILES string of the molecule is COc1ccccc1Oc1ccc(N2CCNCC2)cc1. The summed E-state index contributed by atoms with van der Waals surface area (Å²) in [6, 6.07) is 15.9. The lowest BCUT2D eigenvalue weighted by molar-refractivity contribution is 0.379. The van der Waals surface area contributed by atoms with E-state index >= 15 is 0 Å². The molecule has 1 aliphatic rings. The number of anilines is 1. The fourth-order valence-electron chi connectivity index (χ4n) is 2.48. The highest BCUT2D eigenvalue weighted by Crippen LogP contribution is 2.31. The van der Waals surface area contributed by atoms with E-state index in [-0.39, 0.29) is 0 Å². The van der Waals surface area contributed by atoms with Crippen LogP contribution < -0.4 is 19.7 Å². The molecule has 3 rings (SSSR count). The third-order valence-corrected chi connectivity index (χ3v) is 3.62. The van der Waals surface area contributed by atoms with E-state index in [4.69, 9.17) is 9.47 Å². The number of benzene rings is 2. The van der Waals surface area contributed by atoms with Gasteiger partial charge in [0.15, 0.2) is 11.5 Å². The Morgan fingerprint density at radius 2 is 1.57 bits per heavy atom. The molecule has 0 radical (unpaired) electrons. The second-order valence-corrected chi connectivity index (χ2v) is 4.98. The van der Waals surface area contributed by atoms with Crippen molar-refractivity contribution in [2.75, 3.05) is 38.2 Å². The van der Waals surface area contributed by atoms with Crippen molar-refractivity contribution in [3.8, 4) is 17.2 Å². The summed E-state index contributed by atoms with van der Waals surface area (Å²) in [6.45, 7) is 4.18. The number of piperazine rings is 1. The molecule has 21 heavy (non-hydrogen) atoms. The molecule has 1 aliphatic heterocycles. The molecule has 0 saturated carbocycles. The van der Waals surface area contributed by atoms with Crippen LogP contribution in [0.4, 0.5) is 5.69 Å². The zero-order chi connectivity index (χ0) is 14.5. The number of rotatable bonds is 4. The first-order chi connectivity index (χ1) is 10.4. The van der Waals surface area contributed by atoms with Gasteiger partial charge in [0.05, 0.1) is 7.11 Å². The molecule has 0 aliphatic carbocycles. The zero-order valence-electron chi connectivity index (χ0n) is 12.2. The van der Waals surface area contributed by atoms with E-state index in [2.05, 4.69) is 22.3 Å². The number of nitrogens with zero attached hydrogens (tertiary/aromatic N) is 1. The Balaban J connectivity index is 1.72. The normalized spacial score (nSPS) is 14.8. The lowest BCUT2D eigenvalue weighted by atomic mass is 10.2. The van der Waals surface area contributed by atoms with Crippen molar-refractivity contribution >= 4 is 5.69 Å². The summed E-state index contributed by atoms with van der Waals surface area (Å²) in [5.41, 5.74) is 1.24. The quantitative estimate of drug-likeness (QED) is 0.936. The van der Waals surface area contributed by atoms with Crippen LogP contribution in [-0.4, -0.2) is 33.3 Å². The van der Waals surface area contributed by atoms with Crippen molar-refractivity contribution in [2.24, 2.45) is 0 Å². The van der Waals surface area contributed by atoms with Crippen LogP contribution in [0.1, 0.15) is 0 Å². The molecule has 1 saturated heterocycles. The van der Waals surface area contributed by atoms with E-state index in [0.29, 0.717) is 0 Å². The molecule has 1 fully saturated rings. The molecule has 2 aromatic carbocycles. The van der Waals surface area contributed by atoms with Gasteiger partial charge in [-0.3, -0.25) is 0 Å². The van der Waals surface area contributed by atoms with Crippen LogP contribution in [0.3, 0.4) is 0 Å². The summed E-state index contributed by atoms with van der Waals surface area (Å²) in [4.78, 5) is 2.38. The summed E-state index contributed by atoms with van der Waals surface area (Å²) in [5.74, 6) is 2.29. The van der Waals surface area contributed by atoms with Gasteiger partial charge in [0.2, 0.25) is 0 Å². The molecule has 0 spiro atoms. The third kappa shape index (κ3) is 3.28. The van der Waals surface area contributed by atoms with Gasteiger partial charge in [0.1, 0.15) is 5.75 Å². The summed E-state index contributed by atoms with van der Waals surface area (Å²) in [5, 5.41) is 3.36. The standard InChI is InChI=1S/C17H20N2O2/c1-20-16-4-2-3-5-17(16)21-15-8-6-14(7-9-15)19-12-10-18-11-13-19/h2-9,18H,10-13H2,1H3. The van der Waals surface area contributed by atoms with Crippen molar-refractivity contribution in [2.45, 2.75) is 0 Å². The van der Waals surface area contributed by atoms with Crippen LogP contribution in [0.25, 0.3) is 0 Å². The Bertz CT molecular complexity index is 578. The number of methoxy groups -OCH3 is 1. The predicted molar refractivity (Wildman–Crippen MR) is 84.6 cm³/mol. The maximum absolute atomic E-state index is 5.89. The topological polar surface area (TPSA) is 33.7 Å². The molecule has 4 heteroatoms. The molecule has 110 valence electrons. The summed E-state index contributed by atoms with van der Waals surface area (Å²) < 4.78 is 11.2. The van der Waals surface area contributed by atoms with Crippen molar-refractivity contribution in [3.63, 3.8) is 0 Å². The van der Waals surface area contributed by atoms with Crippen LogP contribution in [-0.2, 0) is 0 Å². The molecule has 1 heterocycles. The molecule has 0 atom stereocenters. The van der Waals surface area contributed by atoms with E-state index in [1.807, 2.05) is 36.4 Å². The van der Waals surface area contributed by atoms with Gasteiger partial charge in [-0.05, 0) is 36.4 Å². The Morgan fingerprint density at radius 1 is 0.905 bits per heavy atom. The number of nitrogens with one attached hydrogen (secondary N) is 1. The van der Waals surface area contributed by atoms with Gasteiger partial charge in [-0.2, -0.15) is 0 Å². The van der Waals surface area contributed by atoms with Gasteiger partial charge in [0, 0.05) is 31.9 Å². The van der Waals surface area contributed by atoms with Crippen LogP contribution in [0.15, 0.2) is 48.5 Å². The van der Waals surface area contributed by atoms with E-state index in [1.54, 1.807) is 7.11 Å². The number of hydrogen-bond acceptors (Lipinski definition) is 4. The molecular weight excluding hydrogens is 264 g/mol. The molecule has 4 nitrogen and oxygen atoms in total. The molecule has 0 unspecified atom stereocenters. The van der Waals surface area contributed by atoms with Crippen LogP contribution in [0.5, 0.6) is 17.2 Å². The van der Waals surface area contributed by atoms with Gasteiger partial charge in [-0.15, -0.1) is 0 Å². The van der Waals surface area contributed by atoms with Gasteiger partial charge in [0.25, 0.3) is 0 Å². The third-order valence-electron chi connectivity index (χ3n) is 3.62. The van der Waals surface area contributed by atoms with Crippen molar-refractivity contribution in [1.29, 1.82) is 0 Å². The average Bonchev–Trinajstić information content (AvgIpc) is 2.57. The van der Waals surface area contributed by atoms with Gasteiger partial charge >= 0.3 is 0 Å². The second-order valence-electron chi connectivity index (χ2n) is 4.98. The van der Waals surface area contributed by atoms with E-state index in [9.17, 15) is 0 Å². The van der Waals surface area contributed by atoms with Gasteiger partial charge in [-0.1, -0.05) is 12.1 Å². The number of hydrogen-bond donors (Lipinski definition) is 1. The second kappa shape index (κ2) is 6.50. The first kappa shape index (κ1) is 13.8. The van der Waals surface area contributed by atoms with Gasteiger partial charge < -0.3 is 19.7 Å². The molecule has 0 aromatic heterocycles. The summed E-state index contributed by atoms with van der Waals surface area (Å²) >= 11 is 0. The first-order valence-corrected chi connectivity index (χ1v) is 7.23. The molecular formula is C17H20N2O2. The van der Waals surface area contributed by atoms with Crippen molar-refractivity contribution in [1.82, 2.24) is 5.32 Å². The molecule has 0 bridgehead atoms. The molecule has 2 aromatic rings. The molecule has 1 N–H and O–H groups in total.